The Hall–Kier alpha value is -0.430. The molecule has 1 aromatic carbocycles. The summed E-state index contributed by atoms with van der Waals surface area (Å²) in [5.74, 6) is 1.78. The fourth-order valence-electron chi connectivity index (χ4n) is 3.21. The van der Waals surface area contributed by atoms with Crippen LogP contribution in [0.4, 0.5) is 0 Å². The summed E-state index contributed by atoms with van der Waals surface area (Å²) in [5, 5.41) is 0.896. The van der Waals surface area contributed by atoms with Gasteiger partial charge in [-0.05, 0) is 49.1 Å². The Morgan fingerprint density at radius 1 is 1.20 bits per heavy atom. The molecule has 1 aromatic rings. The summed E-state index contributed by atoms with van der Waals surface area (Å²) < 4.78 is 0. The average molecular weight is 218 g/mol. The Balaban J connectivity index is 2.06. The van der Waals surface area contributed by atoms with Crippen molar-refractivity contribution in [3.05, 3.63) is 29.3 Å². The van der Waals surface area contributed by atoms with E-state index in [-0.39, 0.29) is 0 Å². The molecular weight excluding hydrogens is 200 g/mol. The first-order chi connectivity index (χ1) is 7.24. The number of hydrogen-bond donors (Lipinski definition) is 0. The van der Waals surface area contributed by atoms with Crippen LogP contribution in [0.1, 0.15) is 43.2 Å². The molecule has 1 heterocycles. The third-order valence-electron chi connectivity index (χ3n) is 3.87. The van der Waals surface area contributed by atoms with E-state index < -0.39 is 0 Å². The first-order valence-electron chi connectivity index (χ1n) is 6.00. The quantitative estimate of drug-likeness (QED) is 0.623. The average Bonchev–Trinajstić information content (AvgIpc) is 2.19. The van der Waals surface area contributed by atoms with Crippen molar-refractivity contribution in [3.63, 3.8) is 0 Å². The summed E-state index contributed by atoms with van der Waals surface area (Å²) in [6, 6.07) is 6.85. The van der Waals surface area contributed by atoms with E-state index in [1.807, 2.05) is 0 Å². The lowest BCUT2D eigenvalue weighted by Gasteiger charge is -2.39. The van der Waals surface area contributed by atoms with Gasteiger partial charge in [-0.1, -0.05) is 25.1 Å². The molecule has 1 aliphatic heterocycles. The molecule has 0 amide bonds. The topological polar surface area (TPSA) is 0 Å². The van der Waals surface area contributed by atoms with Gasteiger partial charge in [-0.15, -0.1) is 11.8 Å². The molecule has 1 heteroatoms. The van der Waals surface area contributed by atoms with Gasteiger partial charge in [-0.25, -0.2) is 0 Å². The van der Waals surface area contributed by atoms with E-state index in [0.29, 0.717) is 0 Å². The lowest BCUT2D eigenvalue weighted by atomic mass is 9.78. The number of hydrogen-bond acceptors (Lipinski definition) is 1. The van der Waals surface area contributed by atoms with Crippen LogP contribution in [0.15, 0.2) is 23.1 Å². The van der Waals surface area contributed by atoms with Crippen LogP contribution in [0.5, 0.6) is 0 Å². The highest BCUT2D eigenvalue weighted by molar-refractivity contribution is 8.00. The highest BCUT2D eigenvalue weighted by Crippen LogP contribution is 2.51. The third-order valence-corrected chi connectivity index (χ3v) is 5.38. The lowest BCUT2D eigenvalue weighted by molar-refractivity contribution is 0.344. The smallest absolute Gasteiger partial charge is 0.0139 e. The van der Waals surface area contributed by atoms with Crippen molar-refractivity contribution >= 4 is 11.8 Å². The van der Waals surface area contributed by atoms with Gasteiger partial charge in [0, 0.05) is 10.1 Å². The molecule has 2 aliphatic rings. The second kappa shape index (κ2) is 3.55. The van der Waals surface area contributed by atoms with Crippen LogP contribution in [-0.2, 0) is 0 Å². The summed E-state index contributed by atoms with van der Waals surface area (Å²) in [5.41, 5.74) is 3.13. The number of thioether (sulfide) groups is 1. The number of benzene rings is 1. The van der Waals surface area contributed by atoms with Crippen LogP contribution in [0.2, 0.25) is 0 Å². The predicted molar refractivity (Wildman–Crippen MR) is 66.6 cm³/mol. The van der Waals surface area contributed by atoms with Gasteiger partial charge in [-0.2, -0.15) is 0 Å². The van der Waals surface area contributed by atoms with Crippen LogP contribution < -0.4 is 0 Å². The highest BCUT2D eigenvalue weighted by Gasteiger charge is 2.34. The zero-order valence-electron chi connectivity index (χ0n) is 9.49. The van der Waals surface area contributed by atoms with Gasteiger partial charge in [0.1, 0.15) is 0 Å². The molecule has 3 unspecified atom stereocenters. The highest BCUT2D eigenvalue weighted by atomic mass is 32.2. The number of rotatable bonds is 0. The molecule has 0 nitrogen and oxygen atoms in total. The van der Waals surface area contributed by atoms with Gasteiger partial charge in [0.25, 0.3) is 0 Å². The van der Waals surface area contributed by atoms with Gasteiger partial charge in [0.05, 0.1) is 0 Å². The summed E-state index contributed by atoms with van der Waals surface area (Å²) in [4.78, 5) is 1.60. The van der Waals surface area contributed by atoms with E-state index in [2.05, 4.69) is 43.8 Å². The van der Waals surface area contributed by atoms with Gasteiger partial charge in [0.2, 0.25) is 0 Å². The molecular formula is C14H18S. The minimum atomic E-state index is 0.856. The van der Waals surface area contributed by atoms with Gasteiger partial charge >= 0.3 is 0 Å². The van der Waals surface area contributed by atoms with E-state index in [9.17, 15) is 0 Å². The Bertz CT molecular complexity index is 383. The summed E-state index contributed by atoms with van der Waals surface area (Å²) in [6.07, 6.45) is 4.26. The standard InChI is InChI=1S/C14H18S/c1-9-6-11-8-12(7-9)15-14-10(2)4-3-5-13(11)14/h3-5,9,11-12H,6-8H2,1-2H3. The maximum atomic E-state index is 2.42. The molecule has 3 atom stereocenters. The second-order valence-corrected chi connectivity index (χ2v) is 6.55. The minimum absolute atomic E-state index is 0.856. The first kappa shape index (κ1) is 9.77. The molecule has 0 aromatic heterocycles. The minimum Gasteiger partial charge on any atom is -0.122 e. The van der Waals surface area contributed by atoms with Crippen molar-refractivity contribution in [1.29, 1.82) is 0 Å². The van der Waals surface area contributed by atoms with Crippen LogP contribution in [-0.4, -0.2) is 5.25 Å². The van der Waals surface area contributed by atoms with Gasteiger partial charge in [-0.3, -0.25) is 0 Å². The zero-order valence-corrected chi connectivity index (χ0v) is 10.3. The van der Waals surface area contributed by atoms with Crippen molar-refractivity contribution in [2.75, 3.05) is 0 Å². The normalized spacial score (nSPS) is 33.6. The Kier molecular flexibility index (Phi) is 2.31. The van der Waals surface area contributed by atoms with E-state index in [1.54, 1.807) is 10.5 Å². The van der Waals surface area contributed by atoms with Gasteiger partial charge in [0.15, 0.2) is 0 Å². The zero-order chi connectivity index (χ0) is 10.4. The molecule has 0 spiro atoms. The Labute approximate surface area is 96.5 Å². The molecule has 80 valence electrons. The van der Waals surface area contributed by atoms with Crippen molar-refractivity contribution in [2.45, 2.75) is 49.2 Å². The van der Waals surface area contributed by atoms with Crippen molar-refractivity contribution in [3.8, 4) is 0 Å². The molecule has 1 saturated carbocycles. The molecule has 0 saturated heterocycles. The fourth-order valence-corrected chi connectivity index (χ4v) is 4.93. The largest absolute Gasteiger partial charge is 0.122 e. The number of aryl methyl sites for hydroxylation is 1. The van der Waals surface area contributed by atoms with E-state index in [4.69, 9.17) is 0 Å². The second-order valence-electron chi connectivity index (χ2n) is 5.24. The van der Waals surface area contributed by atoms with Gasteiger partial charge < -0.3 is 0 Å². The fraction of sp³-hybridized carbons (Fsp3) is 0.571. The molecule has 0 N–H and O–H groups in total. The Morgan fingerprint density at radius 2 is 2.07 bits per heavy atom. The Morgan fingerprint density at radius 3 is 2.93 bits per heavy atom. The SMILES string of the molecule is Cc1cccc2c1SC1CC(C)CC2C1. The van der Waals surface area contributed by atoms with E-state index in [0.717, 1.165) is 17.1 Å². The monoisotopic (exact) mass is 218 g/mol. The molecule has 1 aliphatic carbocycles. The van der Waals surface area contributed by atoms with Crippen molar-refractivity contribution in [2.24, 2.45) is 5.92 Å². The van der Waals surface area contributed by atoms with E-state index in [1.165, 1.54) is 24.8 Å². The maximum Gasteiger partial charge on any atom is 0.0139 e. The number of fused-ring (bicyclic) bond motifs is 4. The summed E-state index contributed by atoms with van der Waals surface area (Å²) in [7, 11) is 0. The molecule has 3 rings (SSSR count). The molecule has 15 heavy (non-hydrogen) atoms. The molecule has 0 radical (unpaired) electrons. The predicted octanol–water partition coefficient (Wildman–Crippen LogP) is 4.37. The summed E-state index contributed by atoms with van der Waals surface area (Å²) >= 11 is 2.14. The lowest BCUT2D eigenvalue weighted by Crippen LogP contribution is -2.26. The molecule has 1 fully saturated rings. The van der Waals surface area contributed by atoms with Crippen LogP contribution >= 0.6 is 11.8 Å². The molecule has 2 bridgehead atoms. The first-order valence-corrected chi connectivity index (χ1v) is 6.88. The van der Waals surface area contributed by atoms with Crippen molar-refractivity contribution < 1.29 is 0 Å². The maximum absolute atomic E-state index is 2.42. The summed E-state index contributed by atoms with van der Waals surface area (Å²) in [6.45, 7) is 4.68. The van der Waals surface area contributed by atoms with Crippen LogP contribution in [0, 0.1) is 12.8 Å². The van der Waals surface area contributed by atoms with Crippen molar-refractivity contribution in [1.82, 2.24) is 0 Å². The third kappa shape index (κ3) is 1.61. The van der Waals surface area contributed by atoms with Crippen LogP contribution in [0.3, 0.4) is 0 Å². The van der Waals surface area contributed by atoms with E-state index >= 15 is 0 Å². The van der Waals surface area contributed by atoms with Crippen LogP contribution in [0.25, 0.3) is 0 Å².